The van der Waals surface area contributed by atoms with E-state index in [9.17, 15) is 4.79 Å². The number of hydrogen-bond acceptors (Lipinski definition) is 3. The molecule has 0 radical (unpaired) electrons. The van der Waals surface area contributed by atoms with Gasteiger partial charge in [0.2, 0.25) is 0 Å². The minimum absolute atomic E-state index is 0.0881. The lowest BCUT2D eigenvalue weighted by atomic mass is 10.0. The van der Waals surface area contributed by atoms with Crippen molar-refractivity contribution in [2.24, 2.45) is 0 Å². The van der Waals surface area contributed by atoms with Crippen molar-refractivity contribution < 1.29 is 14.3 Å². The molecule has 0 amide bonds. The molecule has 0 heterocycles. The van der Waals surface area contributed by atoms with Crippen LogP contribution in [0.4, 0.5) is 0 Å². The van der Waals surface area contributed by atoms with Crippen LogP contribution in [0.15, 0.2) is 40.9 Å². The van der Waals surface area contributed by atoms with Crippen LogP contribution in [0.25, 0.3) is 0 Å². The summed E-state index contributed by atoms with van der Waals surface area (Å²) in [4.78, 5) is 12.6. The number of benzene rings is 2. The van der Waals surface area contributed by atoms with Crippen LogP contribution in [-0.4, -0.2) is 20.0 Å². The molecule has 0 N–H and O–H groups in total. The number of hydrogen-bond donors (Lipinski definition) is 0. The summed E-state index contributed by atoms with van der Waals surface area (Å²) in [6.07, 6.45) is 0. The number of carbonyl (C=O) groups excluding carboxylic acids is 1. The standard InChI is InChI=1S/C15H12BrIO3/c1-19-10-4-5-11(14(8-10)20-2)15(18)12-7-9(17)3-6-13(12)16/h3-8H,1-2H3. The molecule has 0 aliphatic carbocycles. The Morgan fingerprint density at radius 1 is 1.05 bits per heavy atom. The molecule has 0 aromatic heterocycles. The number of ether oxygens (including phenoxy) is 2. The molecule has 3 nitrogen and oxygen atoms in total. The van der Waals surface area contributed by atoms with Gasteiger partial charge < -0.3 is 9.47 Å². The van der Waals surface area contributed by atoms with Crippen molar-refractivity contribution in [2.75, 3.05) is 14.2 Å². The minimum atomic E-state index is -0.0881. The van der Waals surface area contributed by atoms with Crippen molar-refractivity contribution in [1.29, 1.82) is 0 Å². The van der Waals surface area contributed by atoms with Gasteiger partial charge in [-0.05, 0) is 52.9 Å². The highest BCUT2D eigenvalue weighted by molar-refractivity contribution is 14.1. The maximum Gasteiger partial charge on any atom is 0.197 e. The fourth-order valence-electron chi connectivity index (χ4n) is 1.80. The van der Waals surface area contributed by atoms with Gasteiger partial charge in [-0.3, -0.25) is 4.79 Å². The Bertz CT molecular complexity index is 656. The highest BCUT2D eigenvalue weighted by Crippen LogP contribution is 2.29. The Morgan fingerprint density at radius 2 is 1.80 bits per heavy atom. The first-order valence-electron chi connectivity index (χ1n) is 5.78. The van der Waals surface area contributed by atoms with Crippen molar-refractivity contribution >= 4 is 44.3 Å². The second-order valence-electron chi connectivity index (χ2n) is 4.02. The third-order valence-electron chi connectivity index (χ3n) is 2.83. The molecule has 0 saturated heterocycles. The normalized spacial score (nSPS) is 10.2. The number of carbonyl (C=O) groups is 1. The topological polar surface area (TPSA) is 35.5 Å². The summed E-state index contributed by atoms with van der Waals surface area (Å²) in [7, 11) is 3.11. The molecule has 0 aliphatic rings. The molecule has 0 unspecified atom stereocenters. The van der Waals surface area contributed by atoms with Crippen molar-refractivity contribution in [3.63, 3.8) is 0 Å². The first-order valence-corrected chi connectivity index (χ1v) is 7.65. The Morgan fingerprint density at radius 3 is 2.45 bits per heavy atom. The van der Waals surface area contributed by atoms with E-state index in [1.807, 2.05) is 18.2 Å². The lowest BCUT2D eigenvalue weighted by Crippen LogP contribution is -2.05. The maximum atomic E-state index is 12.6. The average Bonchev–Trinajstić information content (AvgIpc) is 2.48. The molecule has 0 fully saturated rings. The molecule has 104 valence electrons. The molecule has 0 saturated carbocycles. The average molecular weight is 447 g/mol. The highest BCUT2D eigenvalue weighted by Gasteiger charge is 2.18. The van der Waals surface area contributed by atoms with Crippen LogP contribution < -0.4 is 9.47 Å². The van der Waals surface area contributed by atoms with E-state index in [0.29, 0.717) is 22.6 Å². The monoisotopic (exact) mass is 446 g/mol. The number of halogens is 2. The van der Waals surface area contributed by atoms with Crippen LogP contribution in [0.5, 0.6) is 11.5 Å². The molecule has 0 aliphatic heterocycles. The lowest BCUT2D eigenvalue weighted by molar-refractivity contribution is 0.103. The van der Waals surface area contributed by atoms with Gasteiger partial charge in [0.25, 0.3) is 0 Å². The summed E-state index contributed by atoms with van der Waals surface area (Å²) in [5, 5.41) is 0. The van der Waals surface area contributed by atoms with Gasteiger partial charge in [-0.15, -0.1) is 0 Å². The number of ketones is 1. The van der Waals surface area contributed by atoms with Gasteiger partial charge in [0.1, 0.15) is 11.5 Å². The van der Waals surface area contributed by atoms with E-state index in [1.165, 1.54) is 7.11 Å². The van der Waals surface area contributed by atoms with Crippen molar-refractivity contribution in [1.82, 2.24) is 0 Å². The zero-order chi connectivity index (χ0) is 14.7. The van der Waals surface area contributed by atoms with E-state index in [0.717, 1.165) is 8.04 Å². The fourth-order valence-corrected chi connectivity index (χ4v) is 2.72. The summed E-state index contributed by atoms with van der Waals surface area (Å²) in [6, 6.07) is 10.8. The fraction of sp³-hybridized carbons (Fsp3) is 0.133. The summed E-state index contributed by atoms with van der Waals surface area (Å²) >= 11 is 5.59. The van der Waals surface area contributed by atoms with Crippen LogP contribution in [0.1, 0.15) is 15.9 Å². The Balaban J connectivity index is 2.50. The van der Waals surface area contributed by atoms with Crippen LogP contribution in [0.3, 0.4) is 0 Å². The van der Waals surface area contributed by atoms with Gasteiger partial charge in [-0.2, -0.15) is 0 Å². The van der Waals surface area contributed by atoms with Crippen LogP contribution >= 0.6 is 38.5 Å². The van der Waals surface area contributed by atoms with E-state index in [4.69, 9.17) is 9.47 Å². The smallest absolute Gasteiger partial charge is 0.197 e. The third kappa shape index (κ3) is 3.15. The largest absolute Gasteiger partial charge is 0.497 e. The van der Waals surface area contributed by atoms with Crippen molar-refractivity contribution in [2.45, 2.75) is 0 Å². The van der Waals surface area contributed by atoms with Gasteiger partial charge in [0, 0.05) is 19.7 Å². The van der Waals surface area contributed by atoms with Crippen molar-refractivity contribution in [3.05, 3.63) is 55.6 Å². The highest BCUT2D eigenvalue weighted by atomic mass is 127. The molecule has 5 heteroatoms. The molecule has 0 spiro atoms. The predicted octanol–water partition coefficient (Wildman–Crippen LogP) is 4.30. The molecular formula is C15H12BrIO3. The quantitative estimate of drug-likeness (QED) is 0.518. The molecule has 20 heavy (non-hydrogen) atoms. The molecule has 2 rings (SSSR count). The zero-order valence-corrected chi connectivity index (χ0v) is 14.7. The molecule has 0 bridgehead atoms. The van der Waals surface area contributed by atoms with Gasteiger partial charge in [-0.1, -0.05) is 15.9 Å². The minimum Gasteiger partial charge on any atom is -0.497 e. The van der Waals surface area contributed by atoms with Crippen LogP contribution in [0.2, 0.25) is 0 Å². The maximum absolute atomic E-state index is 12.6. The van der Waals surface area contributed by atoms with Crippen LogP contribution in [0, 0.1) is 3.57 Å². The second-order valence-corrected chi connectivity index (χ2v) is 6.12. The zero-order valence-electron chi connectivity index (χ0n) is 10.9. The van der Waals surface area contributed by atoms with E-state index in [-0.39, 0.29) is 5.78 Å². The van der Waals surface area contributed by atoms with Gasteiger partial charge in [0.15, 0.2) is 5.78 Å². The Hall–Kier alpha value is -1.08. The number of methoxy groups -OCH3 is 2. The summed E-state index contributed by atoms with van der Waals surface area (Å²) in [5.74, 6) is 1.06. The van der Waals surface area contributed by atoms with E-state index < -0.39 is 0 Å². The summed E-state index contributed by atoms with van der Waals surface area (Å²) in [5.41, 5.74) is 1.12. The predicted molar refractivity (Wildman–Crippen MR) is 89.8 cm³/mol. The van der Waals surface area contributed by atoms with E-state index in [2.05, 4.69) is 38.5 Å². The summed E-state index contributed by atoms with van der Waals surface area (Å²) in [6.45, 7) is 0. The number of rotatable bonds is 4. The van der Waals surface area contributed by atoms with E-state index in [1.54, 1.807) is 25.3 Å². The first kappa shape index (κ1) is 15.3. The molecule has 2 aromatic rings. The third-order valence-corrected chi connectivity index (χ3v) is 4.19. The molecular weight excluding hydrogens is 435 g/mol. The second kappa shape index (κ2) is 6.58. The Kier molecular flexibility index (Phi) is 5.04. The van der Waals surface area contributed by atoms with E-state index >= 15 is 0 Å². The lowest BCUT2D eigenvalue weighted by Gasteiger charge is -2.10. The molecule has 0 atom stereocenters. The van der Waals surface area contributed by atoms with Gasteiger partial charge in [0.05, 0.1) is 19.8 Å². The Labute approximate surface area is 139 Å². The van der Waals surface area contributed by atoms with Gasteiger partial charge >= 0.3 is 0 Å². The van der Waals surface area contributed by atoms with Crippen molar-refractivity contribution in [3.8, 4) is 11.5 Å². The SMILES string of the molecule is COc1ccc(C(=O)c2cc(I)ccc2Br)c(OC)c1. The van der Waals surface area contributed by atoms with Crippen LogP contribution in [-0.2, 0) is 0 Å². The van der Waals surface area contributed by atoms with Gasteiger partial charge in [-0.25, -0.2) is 0 Å². The summed E-state index contributed by atoms with van der Waals surface area (Å²) < 4.78 is 12.2. The first-order chi connectivity index (χ1) is 9.56. The molecule has 2 aromatic carbocycles.